The lowest BCUT2D eigenvalue weighted by atomic mass is 10.3. The van der Waals surface area contributed by atoms with E-state index < -0.39 is 0 Å². The summed E-state index contributed by atoms with van der Waals surface area (Å²) in [6, 6.07) is 2.14. The third kappa shape index (κ3) is 3.58. The number of methoxy groups -OCH3 is 1. The van der Waals surface area contributed by atoms with Crippen LogP contribution in [0.2, 0.25) is 0 Å². The lowest BCUT2D eigenvalue weighted by molar-refractivity contribution is -0.696. The summed E-state index contributed by atoms with van der Waals surface area (Å²) in [7, 11) is 1.70. The smallest absolute Gasteiger partial charge is 0.243 e. The van der Waals surface area contributed by atoms with Crippen LogP contribution >= 0.6 is 0 Å². The minimum atomic E-state index is 0.621. The van der Waals surface area contributed by atoms with Crippen molar-refractivity contribution in [2.45, 2.75) is 25.9 Å². The van der Waals surface area contributed by atoms with E-state index in [1.54, 1.807) is 7.11 Å². The van der Waals surface area contributed by atoms with Crippen LogP contribution < -0.4 is 4.57 Å². The maximum absolute atomic E-state index is 8.38. The van der Waals surface area contributed by atoms with Gasteiger partial charge in [-0.05, 0) is 6.42 Å². The Kier molecular flexibility index (Phi) is 4.73. The highest BCUT2D eigenvalue weighted by Gasteiger charge is 2.02. The molecule has 0 N–H and O–H groups in total. The highest BCUT2D eigenvalue weighted by atomic mass is 16.5. The summed E-state index contributed by atoms with van der Waals surface area (Å²) >= 11 is 0. The number of nitrogens with zero attached hydrogens (tertiary/aromatic N) is 3. The van der Waals surface area contributed by atoms with Gasteiger partial charge in [0.2, 0.25) is 6.33 Å². The highest BCUT2D eigenvalue weighted by molar-refractivity contribution is 4.68. The summed E-state index contributed by atoms with van der Waals surface area (Å²) in [5.74, 6) is 0. The number of aryl methyl sites for hydroxylation is 1. The summed E-state index contributed by atoms with van der Waals surface area (Å²) < 4.78 is 9.15. The standard InChI is InChI=1S/C10H16N3O/c1-14-9-8-13-7-6-12(10-13)5-3-2-4-11/h6-7,10H,2-3,5,8-9H2,1H3/q+1. The third-order valence-electron chi connectivity index (χ3n) is 2.00. The Morgan fingerprint density at radius 1 is 1.57 bits per heavy atom. The number of nitriles is 1. The molecule has 0 unspecified atom stereocenters. The Hall–Kier alpha value is -1.34. The second-order valence-electron chi connectivity index (χ2n) is 3.14. The molecular weight excluding hydrogens is 178 g/mol. The number of rotatable bonds is 6. The maximum Gasteiger partial charge on any atom is 0.243 e. The zero-order chi connectivity index (χ0) is 10.2. The summed E-state index contributed by atoms with van der Waals surface area (Å²) in [4.78, 5) is 0. The van der Waals surface area contributed by atoms with E-state index in [-0.39, 0.29) is 0 Å². The van der Waals surface area contributed by atoms with Crippen LogP contribution in [0.3, 0.4) is 0 Å². The average molecular weight is 194 g/mol. The molecule has 0 spiro atoms. The Balaban J connectivity index is 2.32. The highest BCUT2D eigenvalue weighted by Crippen LogP contribution is 1.89. The molecular formula is C10H16N3O+. The SMILES string of the molecule is COCCn1cc[n+](CCCC#N)c1. The Morgan fingerprint density at radius 3 is 3.14 bits per heavy atom. The molecule has 0 radical (unpaired) electrons. The maximum atomic E-state index is 8.38. The van der Waals surface area contributed by atoms with E-state index in [1.165, 1.54) is 0 Å². The summed E-state index contributed by atoms with van der Waals surface area (Å²) in [5.41, 5.74) is 0. The van der Waals surface area contributed by atoms with E-state index in [2.05, 4.69) is 15.2 Å². The summed E-state index contributed by atoms with van der Waals surface area (Å²) in [6.07, 6.45) is 7.61. The number of hydrogen-bond donors (Lipinski definition) is 0. The number of ether oxygens (including phenoxy) is 1. The van der Waals surface area contributed by atoms with E-state index in [9.17, 15) is 0 Å². The number of hydrogen-bond acceptors (Lipinski definition) is 2. The van der Waals surface area contributed by atoms with E-state index >= 15 is 0 Å². The summed E-state index contributed by atoms with van der Waals surface area (Å²) in [5, 5.41) is 8.38. The number of aromatic nitrogens is 2. The fraction of sp³-hybridized carbons (Fsp3) is 0.600. The monoisotopic (exact) mass is 194 g/mol. The fourth-order valence-electron chi connectivity index (χ4n) is 1.24. The van der Waals surface area contributed by atoms with Crippen LogP contribution in [0.5, 0.6) is 0 Å². The predicted molar refractivity (Wildman–Crippen MR) is 51.4 cm³/mol. The van der Waals surface area contributed by atoms with Gasteiger partial charge in [0.1, 0.15) is 18.9 Å². The normalized spacial score (nSPS) is 10.0. The first-order valence-corrected chi connectivity index (χ1v) is 4.77. The molecule has 0 aliphatic heterocycles. The van der Waals surface area contributed by atoms with Gasteiger partial charge in [-0.1, -0.05) is 0 Å². The molecule has 0 saturated heterocycles. The topological polar surface area (TPSA) is 41.8 Å². The van der Waals surface area contributed by atoms with Crippen LogP contribution in [0.1, 0.15) is 12.8 Å². The molecule has 4 heteroatoms. The predicted octanol–water partition coefficient (Wildman–Crippen LogP) is 0.726. The van der Waals surface area contributed by atoms with Crippen LogP contribution in [0.4, 0.5) is 0 Å². The molecule has 1 aromatic rings. The zero-order valence-corrected chi connectivity index (χ0v) is 8.52. The summed E-state index contributed by atoms with van der Waals surface area (Å²) in [6.45, 7) is 2.52. The molecule has 0 fully saturated rings. The van der Waals surface area contributed by atoms with Crippen molar-refractivity contribution in [3.05, 3.63) is 18.7 Å². The average Bonchev–Trinajstić information content (AvgIpc) is 2.63. The molecule has 1 rings (SSSR count). The molecule has 0 amide bonds. The first kappa shape index (κ1) is 10.7. The molecule has 1 heterocycles. The number of imidazole rings is 1. The van der Waals surface area contributed by atoms with Crippen molar-refractivity contribution in [3.8, 4) is 6.07 Å². The van der Waals surface area contributed by atoms with Crippen LogP contribution in [0, 0.1) is 11.3 Å². The van der Waals surface area contributed by atoms with Crippen molar-refractivity contribution in [1.82, 2.24) is 4.57 Å². The van der Waals surface area contributed by atoms with Gasteiger partial charge in [0.25, 0.3) is 0 Å². The van der Waals surface area contributed by atoms with E-state index in [1.807, 2.05) is 18.7 Å². The quantitative estimate of drug-likeness (QED) is 0.495. The Bertz CT molecular complexity index is 301. The molecule has 14 heavy (non-hydrogen) atoms. The van der Waals surface area contributed by atoms with Gasteiger partial charge in [0, 0.05) is 13.5 Å². The van der Waals surface area contributed by atoms with Crippen LogP contribution in [0.25, 0.3) is 0 Å². The van der Waals surface area contributed by atoms with Crippen molar-refractivity contribution in [3.63, 3.8) is 0 Å². The third-order valence-corrected chi connectivity index (χ3v) is 2.00. The molecule has 0 aromatic carbocycles. The Labute approximate surface area is 84.3 Å². The Morgan fingerprint density at radius 2 is 2.43 bits per heavy atom. The van der Waals surface area contributed by atoms with Gasteiger partial charge in [0.05, 0.1) is 19.2 Å². The van der Waals surface area contributed by atoms with Crippen LogP contribution in [-0.4, -0.2) is 18.3 Å². The van der Waals surface area contributed by atoms with Crippen LogP contribution in [0.15, 0.2) is 18.7 Å². The molecule has 1 aromatic heterocycles. The van der Waals surface area contributed by atoms with Crippen molar-refractivity contribution in [1.29, 1.82) is 5.26 Å². The zero-order valence-electron chi connectivity index (χ0n) is 8.52. The molecule has 0 saturated carbocycles. The minimum absolute atomic E-state index is 0.621. The minimum Gasteiger partial charge on any atom is -0.381 e. The van der Waals surface area contributed by atoms with Gasteiger partial charge in [-0.2, -0.15) is 5.26 Å². The van der Waals surface area contributed by atoms with Crippen molar-refractivity contribution >= 4 is 0 Å². The van der Waals surface area contributed by atoms with E-state index in [4.69, 9.17) is 10.00 Å². The lowest BCUT2D eigenvalue weighted by Gasteiger charge is -1.94. The van der Waals surface area contributed by atoms with Crippen molar-refractivity contribution < 1.29 is 9.30 Å². The fourth-order valence-corrected chi connectivity index (χ4v) is 1.24. The van der Waals surface area contributed by atoms with Crippen LogP contribution in [-0.2, 0) is 17.8 Å². The first-order valence-electron chi connectivity index (χ1n) is 4.77. The van der Waals surface area contributed by atoms with Crippen molar-refractivity contribution in [2.24, 2.45) is 0 Å². The van der Waals surface area contributed by atoms with E-state index in [0.717, 1.165) is 26.1 Å². The lowest BCUT2D eigenvalue weighted by Crippen LogP contribution is -2.30. The largest absolute Gasteiger partial charge is 0.381 e. The molecule has 0 aliphatic rings. The first-order chi connectivity index (χ1) is 6.86. The molecule has 4 nitrogen and oxygen atoms in total. The second-order valence-corrected chi connectivity index (χ2v) is 3.14. The number of unbranched alkanes of at least 4 members (excludes halogenated alkanes) is 1. The van der Waals surface area contributed by atoms with Gasteiger partial charge in [-0.3, -0.25) is 0 Å². The molecule has 0 atom stereocenters. The molecule has 76 valence electrons. The van der Waals surface area contributed by atoms with Gasteiger partial charge < -0.3 is 4.74 Å². The van der Waals surface area contributed by atoms with Gasteiger partial charge >= 0.3 is 0 Å². The van der Waals surface area contributed by atoms with Gasteiger partial charge in [-0.15, -0.1) is 0 Å². The van der Waals surface area contributed by atoms with Crippen molar-refractivity contribution in [2.75, 3.05) is 13.7 Å². The van der Waals surface area contributed by atoms with Gasteiger partial charge in [-0.25, -0.2) is 9.13 Å². The second kappa shape index (κ2) is 6.17. The molecule has 0 bridgehead atoms. The molecule has 0 aliphatic carbocycles. The van der Waals surface area contributed by atoms with Gasteiger partial charge in [0.15, 0.2) is 0 Å². The van der Waals surface area contributed by atoms with E-state index in [0.29, 0.717) is 6.42 Å².